The molecule has 6 nitrogen and oxygen atoms in total. The van der Waals surface area contributed by atoms with Crippen LogP contribution in [0.2, 0.25) is 0 Å². The number of nitrogens with zero attached hydrogens (tertiary/aromatic N) is 1. The summed E-state index contributed by atoms with van der Waals surface area (Å²) in [4.78, 5) is 2.13. The molecule has 0 aromatic heterocycles. The van der Waals surface area contributed by atoms with Gasteiger partial charge < -0.3 is 24.1 Å². The lowest BCUT2D eigenvalue weighted by molar-refractivity contribution is 0.00324. The lowest BCUT2D eigenvalue weighted by atomic mass is 10.1. The SMILES string of the molecule is COCCN(Cc1cccc(OC)c1OC)C[C@@H](O)COCC(C)C. The average Bonchev–Trinajstić information content (AvgIpc) is 2.58. The Morgan fingerprint density at radius 2 is 1.84 bits per heavy atom. The van der Waals surface area contributed by atoms with Gasteiger partial charge in [-0.25, -0.2) is 0 Å². The van der Waals surface area contributed by atoms with Gasteiger partial charge in [-0.2, -0.15) is 0 Å². The maximum absolute atomic E-state index is 10.3. The normalized spacial score (nSPS) is 12.6. The highest BCUT2D eigenvalue weighted by Gasteiger charge is 2.16. The molecule has 0 radical (unpaired) electrons. The van der Waals surface area contributed by atoms with E-state index >= 15 is 0 Å². The Bertz CT molecular complexity index is 481. The summed E-state index contributed by atoms with van der Waals surface area (Å²) in [5, 5.41) is 10.3. The molecule has 1 atom stereocenters. The van der Waals surface area contributed by atoms with E-state index < -0.39 is 6.10 Å². The van der Waals surface area contributed by atoms with Crippen LogP contribution in [0.4, 0.5) is 0 Å². The van der Waals surface area contributed by atoms with Crippen molar-refractivity contribution in [2.45, 2.75) is 26.5 Å². The average molecular weight is 355 g/mol. The van der Waals surface area contributed by atoms with Gasteiger partial charge >= 0.3 is 0 Å². The molecule has 0 fully saturated rings. The lowest BCUT2D eigenvalue weighted by Crippen LogP contribution is -2.36. The maximum atomic E-state index is 10.3. The van der Waals surface area contributed by atoms with Crippen LogP contribution in [0.25, 0.3) is 0 Å². The molecule has 1 aromatic carbocycles. The third kappa shape index (κ3) is 8.05. The molecular weight excluding hydrogens is 322 g/mol. The van der Waals surface area contributed by atoms with E-state index in [1.54, 1.807) is 21.3 Å². The number of rotatable bonds is 13. The van der Waals surface area contributed by atoms with Crippen molar-refractivity contribution in [3.8, 4) is 11.5 Å². The molecule has 0 aliphatic heterocycles. The van der Waals surface area contributed by atoms with Gasteiger partial charge in [0.05, 0.1) is 33.5 Å². The number of hydrogen-bond acceptors (Lipinski definition) is 6. The Hall–Kier alpha value is -1.34. The number of benzene rings is 1. The van der Waals surface area contributed by atoms with Gasteiger partial charge in [0.2, 0.25) is 0 Å². The Morgan fingerprint density at radius 1 is 1.08 bits per heavy atom. The Kier molecular flexibility index (Phi) is 10.5. The summed E-state index contributed by atoms with van der Waals surface area (Å²) in [6.45, 7) is 7.59. The number of aliphatic hydroxyl groups is 1. The van der Waals surface area contributed by atoms with Crippen LogP contribution in [0.1, 0.15) is 19.4 Å². The highest BCUT2D eigenvalue weighted by atomic mass is 16.5. The lowest BCUT2D eigenvalue weighted by Gasteiger charge is -2.26. The number of para-hydroxylation sites is 1. The predicted octanol–water partition coefficient (Wildman–Crippen LogP) is 2.19. The largest absolute Gasteiger partial charge is 0.493 e. The first-order valence-electron chi connectivity index (χ1n) is 8.68. The van der Waals surface area contributed by atoms with Crippen LogP contribution in [0.15, 0.2) is 18.2 Å². The Labute approximate surface area is 151 Å². The first-order valence-corrected chi connectivity index (χ1v) is 8.68. The molecule has 0 amide bonds. The van der Waals surface area contributed by atoms with Crippen molar-refractivity contribution in [2.24, 2.45) is 5.92 Å². The first kappa shape index (κ1) is 21.7. The fourth-order valence-electron chi connectivity index (χ4n) is 2.56. The molecule has 0 heterocycles. The van der Waals surface area contributed by atoms with Crippen LogP contribution >= 0.6 is 0 Å². The summed E-state index contributed by atoms with van der Waals surface area (Å²) in [6.07, 6.45) is -0.549. The van der Waals surface area contributed by atoms with Gasteiger partial charge in [0.15, 0.2) is 11.5 Å². The second-order valence-electron chi connectivity index (χ2n) is 6.47. The van der Waals surface area contributed by atoms with Gasteiger partial charge in [-0.05, 0) is 12.0 Å². The van der Waals surface area contributed by atoms with Crippen LogP contribution in [-0.2, 0) is 16.0 Å². The van der Waals surface area contributed by atoms with Crippen molar-refractivity contribution in [3.05, 3.63) is 23.8 Å². The van der Waals surface area contributed by atoms with Crippen molar-refractivity contribution in [2.75, 3.05) is 54.2 Å². The molecule has 1 aromatic rings. The van der Waals surface area contributed by atoms with Gasteiger partial charge in [-0.3, -0.25) is 4.90 Å². The number of methoxy groups -OCH3 is 3. The fraction of sp³-hybridized carbons (Fsp3) is 0.684. The molecule has 0 aliphatic rings. The molecule has 0 saturated carbocycles. The van der Waals surface area contributed by atoms with Crippen LogP contribution in [0, 0.1) is 5.92 Å². The minimum atomic E-state index is -0.549. The Balaban J connectivity index is 2.72. The van der Waals surface area contributed by atoms with E-state index in [9.17, 15) is 5.11 Å². The highest BCUT2D eigenvalue weighted by Crippen LogP contribution is 2.31. The summed E-state index contributed by atoms with van der Waals surface area (Å²) in [5.41, 5.74) is 1.01. The van der Waals surface area contributed by atoms with Gasteiger partial charge in [0, 0.05) is 38.9 Å². The van der Waals surface area contributed by atoms with E-state index in [1.165, 1.54) is 0 Å². The van der Waals surface area contributed by atoms with Crippen LogP contribution < -0.4 is 9.47 Å². The third-order valence-corrected chi connectivity index (χ3v) is 3.72. The molecule has 0 spiro atoms. The monoisotopic (exact) mass is 355 g/mol. The summed E-state index contributed by atoms with van der Waals surface area (Å²) in [5.74, 6) is 1.88. The van der Waals surface area contributed by atoms with Crippen LogP contribution in [-0.4, -0.2) is 70.3 Å². The van der Waals surface area contributed by atoms with E-state index in [2.05, 4.69) is 18.7 Å². The van der Waals surface area contributed by atoms with Crippen molar-refractivity contribution < 1.29 is 24.1 Å². The van der Waals surface area contributed by atoms with E-state index in [0.717, 1.165) is 11.3 Å². The fourth-order valence-corrected chi connectivity index (χ4v) is 2.56. The van der Waals surface area contributed by atoms with Crippen molar-refractivity contribution in [1.29, 1.82) is 0 Å². The molecule has 0 saturated heterocycles. The first-order chi connectivity index (χ1) is 12.0. The van der Waals surface area contributed by atoms with E-state index in [0.29, 0.717) is 51.1 Å². The van der Waals surface area contributed by atoms with Crippen molar-refractivity contribution in [1.82, 2.24) is 4.90 Å². The quantitative estimate of drug-likeness (QED) is 0.585. The molecule has 25 heavy (non-hydrogen) atoms. The third-order valence-electron chi connectivity index (χ3n) is 3.72. The zero-order chi connectivity index (χ0) is 18.7. The molecule has 6 heteroatoms. The molecule has 0 bridgehead atoms. The summed E-state index contributed by atoms with van der Waals surface area (Å²) >= 11 is 0. The smallest absolute Gasteiger partial charge is 0.165 e. The summed E-state index contributed by atoms with van der Waals surface area (Å²) in [6, 6.07) is 5.81. The molecular formula is C19H33NO5. The molecule has 144 valence electrons. The van der Waals surface area contributed by atoms with Crippen molar-refractivity contribution >= 4 is 0 Å². The molecule has 1 rings (SSSR count). The molecule has 0 aliphatic carbocycles. The highest BCUT2D eigenvalue weighted by molar-refractivity contribution is 5.46. The van der Waals surface area contributed by atoms with Crippen LogP contribution in [0.5, 0.6) is 11.5 Å². The number of hydrogen-bond donors (Lipinski definition) is 1. The number of ether oxygens (including phenoxy) is 4. The second-order valence-corrected chi connectivity index (χ2v) is 6.47. The van der Waals surface area contributed by atoms with E-state index in [1.807, 2.05) is 18.2 Å². The zero-order valence-electron chi connectivity index (χ0n) is 16.2. The minimum absolute atomic E-state index is 0.330. The van der Waals surface area contributed by atoms with E-state index in [4.69, 9.17) is 18.9 Å². The second kappa shape index (κ2) is 12.1. The Morgan fingerprint density at radius 3 is 2.44 bits per heavy atom. The van der Waals surface area contributed by atoms with Gasteiger partial charge in [0.25, 0.3) is 0 Å². The van der Waals surface area contributed by atoms with Gasteiger partial charge in [0.1, 0.15) is 0 Å². The van der Waals surface area contributed by atoms with E-state index in [-0.39, 0.29) is 0 Å². The van der Waals surface area contributed by atoms with Crippen LogP contribution in [0.3, 0.4) is 0 Å². The predicted molar refractivity (Wildman–Crippen MR) is 98.4 cm³/mol. The summed E-state index contributed by atoms with van der Waals surface area (Å²) in [7, 11) is 4.93. The molecule has 0 unspecified atom stereocenters. The number of aliphatic hydroxyl groups excluding tert-OH is 1. The molecule has 1 N–H and O–H groups in total. The zero-order valence-corrected chi connectivity index (χ0v) is 16.2. The van der Waals surface area contributed by atoms with Crippen molar-refractivity contribution in [3.63, 3.8) is 0 Å². The van der Waals surface area contributed by atoms with Gasteiger partial charge in [-0.1, -0.05) is 26.0 Å². The standard InChI is InChI=1S/C19H33NO5/c1-15(2)13-25-14-17(21)12-20(9-10-22-3)11-16-7-6-8-18(23-4)19(16)24-5/h6-8,15,17,21H,9-14H2,1-5H3/t17-/m1/s1. The summed E-state index contributed by atoms with van der Waals surface area (Å²) < 4.78 is 21.6. The van der Waals surface area contributed by atoms with Gasteiger partial charge in [-0.15, -0.1) is 0 Å². The topological polar surface area (TPSA) is 60.4 Å². The maximum Gasteiger partial charge on any atom is 0.165 e. The minimum Gasteiger partial charge on any atom is -0.493 e.